The van der Waals surface area contributed by atoms with Gasteiger partial charge in [-0.3, -0.25) is 14.9 Å². The molecule has 2 aromatic carbocycles. The molecule has 4 rings (SSSR count). The van der Waals surface area contributed by atoms with E-state index in [0.29, 0.717) is 22.7 Å². The maximum absolute atomic E-state index is 12.9. The molecule has 27 heavy (non-hydrogen) atoms. The largest absolute Gasteiger partial charge is 0.454 e. The number of barbiturate groups is 1. The maximum Gasteiger partial charge on any atom is 0.335 e. The lowest BCUT2D eigenvalue weighted by Gasteiger charge is -2.26. The summed E-state index contributed by atoms with van der Waals surface area (Å²) in [7, 11) is 0. The van der Waals surface area contributed by atoms with Crippen molar-refractivity contribution in [3.05, 3.63) is 58.1 Å². The minimum atomic E-state index is -0.803. The number of rotatable bonds is 2. The average molecular weight is 385 g/mol. The van der Waals surface area contributed by atoms with Gasteiger partial charge in [0.1, 0.15) is 5.57 Å². The van der Waals surface area contributed by atoms with Crippen LogP contribution in [0, 0.1) is 6.92 Å². The molecule has 1 saturated heterocycles. The first-order chi connectivity index (χ1) is 12.9. The molecule has 0 unspecified atom stereocenters. The summed E-state index contributed by atoms with van der Waals surface area (Å²) in [6.07, 6.45) is 1.33. The van der Waals surface area contributed by atoms with Gasteiger partial charge in [-0.15, -0.1) is 0 Å². The minimum absolute atomic E-state index is 0.0702. The molecule has 2 aromatic rings. The van der Waals surface area contributed by atoms with Crippen LogP contribution in [0.1, 0.15) is 11.1 Å². The van der Waals surface area contributed by atoms with Crippen molar-refractivity contribution in [1.29, 1.82) is 0 Å². The molecule has 4 amide bonds. The van der Waals surface area contributed by atoms with Gasteiger partial charge in [-0.2, -0.15) is 0 Å². The SMILES string of the molecule is Cc1ccc(N2C(=O)NC(=O)/C(=C/c3cc4c(cc3Cl)OCO4)C2=O)cc1. The molecular formula is C19H13ClN2O5. The Morgan fingerprint density at radius 3 is 2.44 bits per heavy atom. The highest BCUT2D eigenvalue weighted by molar-refractivity contribution is 6.40. The Hall–Kier alpha value is -3.32. The fraction of sp³-hybridized carbons (Fsp3) is 0.105. The van der Waals surface area contributed by atoms with E-state index in [2.05, 4.69) is 5.32 Å². The monoisotopic (exact) mass is 384 g/mol. The number of nitrogens with one attached hydrogen (secondary N) is 1. The summed E-state index contributed by atoms with van der Waals surface area (Å²) in [4.78, 5) is 38.2. The predicted octanol–water partition coefficient (Wildman–Crippen LogP) is 3.04. The van der Waals surface area contributed by atoms with E-state index in [1.54, 1.807) is 36.4 Å². The third kappa shape index (κ3) is 3.02. The van der Waals surface area contributed by atoms with Crippen LogP contribution in [0.4, 0.5) is 10.5 Å². The number of anilines is 1. The van der Waals surface area contributed by atoms with Gasteiger partial charge in [-0.05, 0) is 36.8 Å². The highest BCUT2D eigenvalue weighted by atomic mass is 35.5. The van der Waals surface area contributed by atoms with E-state index in [0.717, 1.165) is 10.5 Å². The Morgan fingerprint density at radius 2 is 1.74 bits per heavy atom. The van der Waals surface area contributed by atoms with Gasteiger partial charge >= 0.3 is 6.03 Å². The van der Waals surface area contributed by atoms with Crippen molar-refractivity contribution < 1.29 is 23.9 Å². The predicted molar refractivity (Wildman–Crippen MR) is 97.8 cm³/mol. The van der Waals surface area contributed by atoms with Crippen molar-refractivity contribution in [3.8, 4) is 11.5 Å². The Morgan fingerprint density at radius 1 is 1.07 bits per heavy atom. The number of ether oxygens (including phenoxy) is 2. The van der Waals surface area contributed by atoms with Gasteiger partial charge < -0.3 is 9.47 Å². The van der Waals surface area contributed by atoms with E-state index >= 15 is 0 Å². The standard InChI is InChI=1S/C19H13ClN2O5/c1-10-2-4-12(5-3-10)22-18(24)13(17(23)21-19(22)25)6-11-7-15-16(8-14(11)20)27-9-26-15/h2-8H,9H2,1H3,(H,21,23,25)/b13-6-. The van der Waals surface area contributed by atoms with Crippen LogP contribution in [0.5, 0.6) is 11.5 Å². The van der Waals surface area contributed by atoms with Crippen molar-refractivity contribution in [2.24, 2.45) is 0 Å². The van der Waals surface area contributed by atoms with Crippen molar-refractivity contribution in [1.82, 2.24) is 5.32 Å². The number of fused-ring (bicyclic) bond motifs is 1. The summed E-state index contributed by atoms with van der Waals surface area (Å²) in [5.41, 5.74) is 1.52. The molecule has 0 radical (unpaired) electrons. The lowest BCUT2D eigenvalue weighted by Crippen LogP contribution is -2.54. The van der Waals surface area contributed by atoms with E-state index in [-0.39, 0.29) is 17.4 Å². The van der Waals surface area contributed by atoms with Gasteiger partial charge in [-0.25, -0.2) is 9.69 Å². The van der Waals surface area contributed by atoms with Crippen LogP contribution in [0.15, 0.2) is 42.0 Å². The van der Waals surface area contributed by atoms with Crippen LogP contribution in [-0.4, -0.2) is 24.6 Å². The van der Waals surface area contributed by atoms with Gasteiger partial charge in [0.05, 0.1) is 10.7 Å². The number of nitrogens with zero attached hydrogens (tertiary/aromatic N) is 1. The van der Waals surface area contributed by atoms with Gasteiger partial charge in [-0.1, -0.05) is 29.3 Å². The van der Waals surface area contributed by atoms with Crippen LogP contribution in [0.3, 0.4) is 0 Å². The van der Waals surface area contributed by atoms with Crippen molar-refractivity contribution in [2.45, 2.75) is 6.92 Å². The number of carbonyl (C=O) groups excluding carboxylic acids is 3. The Balaban J connectivity index is 1.75. The van der Waals surface area contributed by atoms with Crippen molar-refractivity contribution in [3.63, 3.8) is 0 Å². The average Bonchev–Trinajstić information content (AvgIpc) is 3.07. The minimum Gasteiger partial charge on any atom is -0.454 e. The van der Waals surface area contributed by atoms with Gasteiger partial charge in [0, 0.05) is 6.07 Å². The zero-order chi connectivity index (χ0) is 19.1. The zero-order valence-electron chi connectivity index (χ0n) is 14.1. The smallest absolute Gasteiger partial charge is 0.335 e. The van der Waals surface area contributed by atoms with Crippen LogP contribution >= 0.6 is 11.6 Å². The normalized spacial score (nSPS) is 17.5. The first-order valence-electron chi connectivity index (χ1n) is 8.01. The van der Waals surface area contributed by atoms with Crippen molar-refractivity contribution >= 4 is 41.2 Å². The molecule has 0 spiro atoms. The van der Waals surface area contributed by atoms with Gasteiger partial charge in [0.2, 0.25) is 6.79 Å². The summed E-state index contributed by atoms with van der Waals surface area (Å²) >= 11 is 6.22. The second-order valence-electron chi connectivity index (χ2n) is 6.02. The van der Waals surface area contributed by atoms with E-state index < -0.39 is 17.8 Å². The summed E-state index contributed by atoms with van der Waals surface area (Å²) in [6.45, 7) is 1.96. The second kappa shape index (κ2) is 6.44. The highest BCUT2D eigenvalue weighted by Crippen LogP contribution is 2.37. The molecule has 7 nitrogen and oxygen atoms in total. The molecule has 8 heteroatoms. The molecule has 2 aliphatic heterocycles. The molecule has 0 bridgehead atoms. The van der Waals surface area contributed by atoms with Crippen LogP contribution in [0.25, 0.3) is 6.08 Å². The first-order valence-corrected chi connectivity index (χ1v) is 8.39. The maximum atomic E-state index is 12.9. The second-order valence-corrected chi connectivity index (χ2v) is 6.43. The molecule has 0 atom stereocenters. The fourth-order valence-corrected chi connectivity index (χ4v) is 2.99. The van der Waals surface area contributed by atoms with Crippen LogP contribution in [-0.2, 0) is 9.59 Å². The van der Waals surface area contributed by atoms with Gasteiger partial charge in [0.15, 0.2) is 11.5 Å². The quantitative estimate of drug-likeness (QED) is 0.635. The topological polar surface area (TPSA) is 84.9 Å². The summed E-state index contributed by atoms with van der Waals surface area (Å²) < 4.78 is 10.5. The summed E-state index contributed by atoms with van der Waals surface area (Å²) in [5.74, 6) is -0.581. The van der Waals surface area contributed by atoms with Crippen molar-refractivity contribution in [2.75, 3.05) is 11.7 Å². The number of halogens is 1. The molecule has 0 aliphatic carbocycles. The Labute approximate surface area is 159 Å². The fourth-order valence-electron chi connectivity index (χ4n) is 2.78. The number of carbonyl (C=O) groups is 3. The van der Waals surface area contributed by atoms with E-state index in [1.165, 1.54) is 6.08 Å². The lowest BCUT2D eigenvalue weighted by atomic mass is 10.1. The molecule has 0 saturated carbocycles. The molecule has 2 aliphatic rings. The summed E-state index contributed by atoms with van der Waals surface area (Å²) in [6, 6.07) is 9.12. The number of hydrogen-bond donors (Lipinski definition) is 1. The van der Waals surface area contributed by atoms with Crippen LogP contribution < -0.4 is 19.7 Å². The number of amides is 4. The van der Waals surface area contributed by atoms with E-state index in [4.69, 9.17) is 21.1 Å². The van der Waals surface area contributed by atoms with Crippen LogP contribution in [0.2, 0.25) is 5.02 Å². The Bertz CT molecular complexity index is 1010. The van der Waals surface area contributed by atoms with E-state index in [9.17, 15) is 14.4 Å². The first kappa shape index (κ1) is 17.1. The summed E-state index contributed by atoms with van der Waals surface area (Å²) in [5, 5.41) is 2.46. The van der Waals surface area contributed by atoms with Gasteiger partial charge in [0.25, 0.3) is 11.8 Å². The third-order valence-electron chi connectivity index (χ3n) is 4.19. The molecule has 1 fully saturated rings. The number of hydrogen-bond acceptors (Lipinski definition) is 5. The number of urea groups is 1. The van der Waals surface area contributed by atoms with E-state index in [1.807, 2.05) is 6.92 Å². The number of aryl methyl sites for hydroxylation is 1. The molecule has 1 N–H and O–H groups in total. The third-order valence-corrected chi connectivity index (χ3v) is 4.51. The lowest BCUT2D eigenvalue weighted by molar-refractivity contribution is -0.122. The number of benzene rings is 2. The Kier molecular flexibility index (Phi) is 4.08. The molecule has 2 heterocycles. The molecule has 136 valence electrons. The highest BCUT2D eigenvalue weighted by Gasteiger charge is 2.37. The number of imide groups is 2. The molecule has 0 aromatic heterocycles. The molecular weight excluding hydrogens is 372 g/mol. The zero-order valence-corrected chi connectivity index (χ0v) is 14.9.